The highest BCUT2D eigenvalue weighted by Gasteiger charge is 2.42. The van der Waals surface area contributed by atoms with Crippen molar-refractivity contribution < 1.29 is 9.90 Å². The largest absolute Gasteiger partial charge is 0.388 e. The van der Waals surface area contributed by atoms with Crippen molar-refractivity contribution in [3.8, 4) is 0 Å². The molecule has 2 saturated carbocycles. The van der Waals surface area contributed by atoms with Gasteiger partial charge >= 0.3 is 0 Å². The van der Waals surface area contributed by atoms with Crippen LogP contribution in [-0.2, 0) is 4.79 Å². The maximum atomic E-state index is 12.6. The van der Waals surface area contributed by atoms with Gasteiger partial charge in [-0.25, -0.2) is 0 Å². The zero-order valence-electron chi connectivity index (χ0n) is 15.5. The molecule has 2 aliphatic carbocycles. The number of aliphatic imine (C=N–C) groups is 1. The van der Waals surface area contributed by atoms with Crippen LogP contribution in [0.15, 0.2) is 4.99 Å². The van der Waals surface area contributed by atoms with Gasteiger partial charge in [-0.15, -0.1) is 0 Å². The second-order valence-electron chi connectivity index (χ2n) is 7.75. The SMILES string of the molecule is CN=C(NCC1(O)CCCCC1)NCC1(C(=O)N(C)C)CCCC1. The summed E-state index contributed by atoms with van der Waals surface area (Å²) in [5, 5.41) is 17.2. The molecule has 0 bridgehead atoms. The van der Waals surface area contributed by atoms with Crippen LogP contribution in [0, 0.1) is 5.41 Å². The third kappa shape index (κ3) is 4.62. The number of rotatable bonds is 5. The van der Waals surface area contributed by atoms with Crippen LogP contribution < -0.4 is 10.6 Å². The van der Waals surface area contributed by atoms with E-state index in [9.17, 15) is 9.90 Å². The van der Waals surface area contributed by atoms with E-state index in [1.165, 1.54) is 6.42 Å². The Morgan fingerprint density at radius 2 is 1.54 bits per heavy atom. The Morgan fingerprint density at radius 3 is 2.08 bits per heavy atom. The van der Waals surface area contributed by atoms with Crippen LogP contribution in [0.1, 0.15) is 57.8 Å². The quantitative estimate of drug-likeness (QED) is 0.524. The van der Waals surface area contributed by atoms with Gasteiger partial charge in [0, 0.05) is 34.2 Å². The molecule has 0 spiro atoms. The summed E-state index contributed by atoms with van der Waals surface area (Å²) in [5.41, 5.74) is -0.941. The van der Waals surface area contributed by atoms with Gasteiger partial charge in [0.05, 0.1) is 11.0 Å². The maximum Gasteiger partial charge on any atom is 0.230 e. The van der Waals surface area contributed by atoms with E-state index in [1.54, 1.807) is 11.9 Å². The number of aliphatic hydroxyl groups is 1. The van der Waals surface area contributed by atoms with E-state index in [4.69, 9.17) is 0 Å². The Labute approximate surface area is 146 Å². The summed E-state index contributed by atoms with van der Waals surface area (Å²) in [6.45, 7) is 1.11. The van der Waals surface area contributed by atoms with Crippen molar-refractivity contribution in [3.05, 3.63) is 0 Å². The van der Waals surface area contributed by atoms with E-state index < -0.39 is 5.60 Å². The smallest absolute Gasteiger partial charge is 0.230 e. The van der Waals surface area contributed by atoms with Gasteiger partial charge in [-0.05, 0) is 25.7 Å². The molecule has 138 valence electrons. The molecule has 2 rings (SSSR count). The highest BCUT2D eigenvalue weighted by molar-refractivity contribution is 5.85. The number of hydrogen-bond donors (Lipinski definition) is 3. The number of carbonyl (C=O) groups excluding carboxylic acids is 1. The second-order valence-corrected chi connectivity index (χ2v) is 7.75. The zero-order chi connectivity index (χ0) is 17.6. The van der Waals surface area contributed by atoms with E-state index in [-0.39, 0.29) is 11.3 Å². The van der Waals surface area contributed by atoms with Gasteiger partial charge in [0.2, 0.25) is 5.91 Å². The molecule has 0 radical (unpaired) electrons. The fraction of sp³-hybridized carbons (Fsp3) is 0.889. The predicted molar refractivity (Wildman–Crippen MR) is 97.0 cm³/mol. The van der Waals surface area contributed by atoms with Crippen LogP contribution >= 0.6 is 0 Å². The molecule has 0 aromatic heterocycles. The van der Waals surface area contributed by atoms with Crippen LogP contribution in [-0.4, -0.2) is 61.7 Å². The third-order valence-corrected chi connectivity index (χ3v) is 5.61. The van der Waals surface area contributed by atoms with Crippen molar-refractivity contribution in [1.29, 1.82) is 0 Å². The standard InChI is InChI=1S/C18H34N4O2/c1-19-16(21-14-18(24)11-5-4-6-12-18)20-13-17(9-7-8-10-17)15(23)22(2)3/h24H,4-14H2,1-3H3,(H2,19,20,21). The lowest BCUT2D eigenvalue weighted by molar-refractivity contribution is -0.138. The van der Waals surface area contributed by atoms with E-state index >= 15 is 0 Å². The number of nitrogens with one attached hydrogen (secondary N) is 2. The van der Waals surface area contributed by atoms with Crippen molar-refractivity contribution in [2.24, 2.45) is 10.4 Å². The lowest BCUT2D eigenvalue weighted by Gasteiger charge is -2.34. The molecular weight excluding hydrogens is 304 g/mol. The molecule has 1 amide bonds. The van der Waals surface area contributed by atoms with Gasteiger partial charge in [0.1, 0.15) is 0 Å². The van der Waals surface area contributed by atoms with Crippen LogP contribution in [0.2, 0.25) is 0 Å². The van der Waals surface area contributed by atoms with E-state index in [1.807, 2.05) is 14.1 Å². The van der Waals surface area contributed by atoms with Crippen molar-refractivity contribution in [1.82, 2.24) is 15.5 Å². The van der Waals surface area contributed by atoms with E-state index in [2.05, 4.69) is 15.6 Å². The lowest BCUT2D eigenvalue weighted by atomic mass is 9.84. The molecule has 6 nitrogen and oxygen atoms in total. The van der Waals surface area contributed by atoms with Crippen molar-refractivity contribution in [2.75, 3.05) is 34.2 Å². The molecule has 0 aliphatic heterocycles. The summed E-state index contributed by atoms with van der Waals surface area (Å²) >= 11 is 0. The molecule has 0 aromatic rings. The number of nitrogens with zero attached hydrogens (tertiary/aromatic N) is 2. The first-order valence-corrected chi connectivity index (χ1v) is 9.30. The topological polar surface area (TPSA) is 77.0 Å². The fourth-order valence-electron chi connectivity index (χ4n) is 4.10. The molecule has 0 atom stereocenters. The number of carbonyl (C=O) groups is 1. The van der Waals surface area contributed by atoms with Crippen LogP contribution in [0.3, 0.4) is 0 Å². The molecule has 6 heteroatoms. The molecule has 0 aromatic carbocycles. The Bertz CT molecular complexity index is 450. The van der Waals surface area contributed by atoms with Crippen LogP contribution in [0.5, 0.6) is 0 Å². The summed E-state index contributed by atoms with van der Waals surface area (Å²) in [5.74, 6) is 0.876. The number of amides is 1. The third-order valence-electron chi connectivity index (χ3n) is 5.61. The Morgan fingerprint density at radius 1 is 1.00 bits per heavy atom. The number of guanidine groups is 1. The highest BCUT2D eigenvalue weighted by Crippen LogP contribution is 2.38. The average molecular weight is 338 g/mol. The molecular formula is C18H34N4O2. The minimum absolute atomic E-state index is 0.203. The van der Waals surface area contributed by atoms with Gasteiger partial charge < -0.3 is 20.6 Å². The van der Waals surface area contributed by atoms with Crippen molar-refractivity contribution in [3.63, 3.8) is 0 Å². The zero-order valence-corrected chi connectivity index (χ0v) is 15.5. The normalized spacial score (nSPS) is 22.9. The minimum Gasteiger partial charge on any atom is -0.388 e. The summed E-state index contributed by atoms with van der Waals surface area (Å²) in [6, 6.07) is 0. The first-order chi connectivity index (χ1) is 11.4. The van der Waals surface area contributed by atoms with Gasteiger partial charge in [-0.2, -0.15) is 0 Å². The summed E-state index contributed by atoms with van der Waals surface area (Å²) in [7, 11) is 5.39. The fourth-order valence-corrected chi connectivity index (χ4v) is 4.10. The molecule has 0 unspecified atom stereocenters. The van der Waals surface area contributed by atoms with E-state index in [0.29, 0.717) is 19.0 Å². The number of hydrogen-bond acceptors (Lipinski definition) is 3. The molecule has 0 heterocycles. The molecule has 2 fully saturated rings. The lowest BCUT2D eigenvalue weighted by Crippen LogP contribution is -2.52. The van der Waals surface area contributed by atoms with Crippen LogP contribution in [0.4, 0.5) is 0 Å². The minimum atomic E-state index is -0.625. The second kappa shape index (κ2) is 8.19. The first kappa shape index (κ1) is 19.0. The Balaban J connectivity index is 1.89. The average Bonchev–Trinajstić information content (AvgIpc) is 3.05. The molecule has 2 aliphatic rings. The van der Waals surface area contributed by atoms with Gasteiger partial charge in [-0.3, -0.25) is 9.79 Å². The summed E-state index contributed by atoms with van der Waals surface area (Å²) in [4.78, 5) is 18.6. The molecule has 0 saturated heterocycles. The first-order valence-electron chi connectivity index (χ1n) is 9.30. The molecule has 3 N–H and O–H groups in total. The van der Waals surface area contributed by atoms with Gasteiger partial charge in [0.15, 0.2) is 5.96 Å². The van der Waals surface area contributed by atoms with Gasteiger partial charge in [0.25, 0.3) is 0 Å². The maximum absolute atomic E-state index is 12.6. The van der Waals surface area contributed by atoms with Crippen molar-refractivity contribution >= 4 is 11.9 Å². The van der Waals surface area contributed by atoms with Crippen molar-refractivity contribution in [2.45, 2.75) is 63.4 Å². The van der Waals surface area contributed by atoms with E-state index in [0.717, 1.165) is 51.4 Å². The highest BCUT2D eigenvalue weighted by atomic mass is 16.3. The predicted octanol–water partition coefficient (Wildman–Crippen LogP) is 1.50. The Hall–Kier alpha value is -1.30. The molecule has 24 heavy (non-hydrogen) atoms. The summed E-state index contributed by atoms with van der Waals surface area (Å²) < 4.78 is 0. The van der Waals surface area contributed by atoms with Crippen LogP contribution in [0.25, 0.3) is 0 Å². The van der Waals surface area contributed by atoms with Gasteiger partial charge in [-0.1, -0.05) is 32.1 Å². The summed E-state index contributed by atoms with van der Waals surface area (Å²) in [6.07, 6.45) is 9.15. The Kier molecular flexibility index (Phi) is 6.49. The monoisotopic (exact) mass is 338 g/mol.